The third-order valence-electron chi connectivity index (χ3n) is 3.71. The van der Waals surface area contributed by atoms with Crippen molar-refractivity contribution in [3.05, 3.63) is 65.7 Å². The maximum absolute atomic E-state index is 4.30. The summed E-state index contributed by atoms with van der Waals surface area (Å²) < 4.78 is 0. The third kappa shape index (κ3) is 3.96. The normalized spacial score (nSPS) is 11.4. The molecule has 23 heavy (non-hydrogen) atoms. The highest BCUT2D eigenvalue weighted by Gasteiger charge is 2.14. The van der Waals surface area contributed by atoms with Gasteiger partial charge in [0.2, 0.25) is 5.13 Å². The first kappa shape index (κ1) is 15.7. The highest BCUT2D eigenvalue weighted by atomic mass is 32.1. The highest BCUT2D eigenvalue weighted by molar-refractivity contribution is 7.18. The molecule has 0 radical (unpaired) electrons. The zero-order valence-corrected chi connectivity index (χ0v) is 14.5. The van der Waals surface area contributed by atoms with Crippen LogP contribution in [0.5, 0.6) is 0 Å². The van der Waals surface area contributed by atoms with E-state index in [1.54, 1.807) is 11.3 Å². The van der Waals surface area contributed by atoms with Gasteiger partial charge in [0, 0.05) is 12.1 Å². The molecule has 1 N–H and O–H groups in total. The Hall–Kier alpha value is -2.20. The van der Waals surface area contributed by atoms with E-state index in [0.717, 1.165) is 22.2 Å². The number of aromatic nitrogens is 2. The van der Waals surface area contributed by atoms with Gasteiger partial charge in [0.1, 0.15) is 5.01 Å². The van der Waals surface area contributed by atoms with E-state index in [9.17, 15) is 0 Å². The summed E-state index contributed by atoms with van der Waals surface area (Å²) in [5.74, 6) is 0. The van der Waals surface area contributed by atoms with Crippen LogP contribution in [0.25, 0.3) is 10.6 Å². The fraction of sp³-hybridized carbons (Fsp3) is 0.263. The second kappa shape index (κ2) is 6.50. The molecule has 1 heterocycles. The molecule has 0 saturated heterocycles. The number of anilines is 1. The zero-order chi connectivity index (χ0) is 16.3. The summed E-state index contributed by atoms with van der Waals surface area (Å²) in [6, 6.07) is 18.9. The molecule has 0 amide bonds. The Bertz CT molecular complexity index is 755. The Kier molecular flexibility index (Phi) is 4.44. The molecule has 0 unspecified atom stereocenters. The van der Waals surface area contributed by atoms with Crippen molar-refractivity contribution in [1.29, 1.82) is 0 Å². The van der Waals surface area contributed by atoms with E-state index in [4.69, 9.17) is 0 Å². The van der Waals surface area contributed by atoms with E-state index in [1.807, 2.05) is 18.2 Å². The van der Waals surface area contributed by atoms with Gasteiger partial charge in [-0.15, -0.1) is 10.2 Å². The molecule has 3 rings (SSSR count). The molecule has 4 heteroatoms. The Morgan fingerprint density at radius 2 is 1.61 bits per heavy atom. The quantitative estimate of drug-likeness (QED) is 0.724. The number of hydrogen-bond acceptors (Lipinski definition) is 4. The average Bonchev–Trinajstić information content (AvgIpc) is 3.02. The molecule has 0 saturated carbocycles. The van der Waals surface area contributed by atoms with Gasteiger partial charge in [-0.05, 0) is 16.5 Å². The Balaban J connectivity index is 1.69. The van der Waals surface area contributed by atoms with Gasteiger partial charge in [-0.1, -0.05) is 86.7 Å². The van der Waals surface area contributed by atoms with E-state index in [1.165, 1.54) is 11.1 Å². The standard InChI is InChI=1S/C19H21N3S/c1-19(2,3)16-11-9-15(10-12-16)17-21-22-18(23-17)20-13-14-7-5-4-6-8-14/h4-12H,13H2,1-3H3,(H,20,22). The monoisotopic (exact) mass is 323 g/mol. The Morgan fingerprint density at radius 3 is 2.26 bits per heavy atom. The van der Waals surface area contributed by atoms with Crippen LogP contribution in [0.1, 0.15) is 31.9 Å². The van der Waals surface area contributed by atoms with Crippen molar-refractivity contribution in [3.63, 3.8) is 0 Å². The van der Waals surface area contributed by atoms with Crippen LogP contribution in [-0.4, -0.2) is 10.2 Å². The molecule has 3 nitrogen and oxygen atoms in total. The van der Waals surface area contributed by atoms with Gasteiger partial charge < -0.3 is 5.32 Å². The smallest absolute Gasteiger partial charge is 0.206 e. The van der Waals surface area contributed by atoms with Crippen LogP contribution in [0.4, 0.5) is 5.13 Å². The van der Waals surface area contributed by atoms with Crippen LogP contribution in [-0.2, 0) is 12.0 Å². The van der Waals surface area contributed by atoms with Crippen molar-refractivity contribution >= 4 is 16.5 Å². The average molecular weight is 323 g/mol. The number of hydrogen-bond donors (Lipinski definition) is 1. The first-order chi connectivity index (χ1) is 11.0. The lowest BCUT2D eigenvalue weighted by atomic mass is 9.87. The topological polar surface area (TPSA) is 37.8 Å². The number of nitrogens with zero attached hydrogens (tertiary/aromatic N) is 2. The second-order valence-electron chi connectivity index (χ2n) is 6.58. The van der Waals surface area contributed by atoms with Gasteiger partial charge >= 0.3 is 0 Å². The van der Waals surface area contributed by atoms with Crippen LogP contribution >= 0.6 is 11.3 Å². The minimum Gasteiger partial charge on any atom is -0.356 e. The maximum Gasteiger partial charge on any atom is 0.206 e. The van der Waals surface area contributed by atoms with Crippen LogP contribution < -0.4 is 5.32 Å². The molecule has 1 aromatic heterocycles. The predicted molar refractivity (Wildman–Crippen MR) is 97.8 cm³/mol. The van der Waals surface area contributed by atoms with Gasteiger partial charge in [-0.2, -0.15) is 0 Å². The fourth-order valence-corrected chi connectivity index (χ4v) is 3.04. The molecule has 0 aliphatic rings. The summed E-state index contributed by atoms with van der Waals surface area (Å²) in [4.78, 5) is 0. The van der Waals surface area contributed by atoms with Crippen LogP contribution in [0.2, 0.25) is 0 Å². The van der Waals surface area contributed by atoms with Crippen molar-refractivity contribution in [2.24, 2.45) is 0 Å². The fourth-order valence-electron chi connectivity index (χ4n) is 2.30. The largest absolute Gasteiger partial charge is 0.356 e. The van der Waals surface area contributed by atoms with E-state index >= 15 is 0 Å². The Morgan fingerprint density at radius 1 is 0.913 bits per heavy atom. The molecule has 0 fully saturated rings. The Labute approximate surface area is 141 Å². The summed E-state index contributed by atoms with van der Waals surface area (Å²) in [6.07, 6.45) is 0. The number of rotatable bonds is 4. The molecule has 0 bridgehead atoms. The van der Waals surface area contributed by atoms with E-state index in [0.29, 0.717) is 0 Å². The van der Waals surface area contributed by atoms with Crippen LogP contribution in [0, 0.1) is 0 Å². The minimum atomic E-state index is 0.169. The first-order valence-electron chi connectivity index (χ1n) is 7.74. The molecular weight excluding hydrogens is 302 g/mol. The maximum atomic E-state index is 4.30. The van der Waals surface area contributed by atoms with E-state index < -0.39 is 0 Å². The lowest BCUT2D eigenvalue weighted by Gasteiger charge is -2.18. The van der Waals surface area contributed by atoms with Gasteiger partial charge in [-0.3, -0.25) is 0 Å². The summed E-state index contributed by atoms with van der Waals surface area (Å²) in [7, 11) is 0. The zero-order valence-electron chi connectivity index (χ0n) is 13.7. The molecular formula is C19H21N3S. The van der Waals surface area contributed by atoms with Gasteiger partial charge in [0.15, 0.2) is 0 Å². The van der Waals surface area contributed by atoms with E-state index in [-0.39, 0.29) is 5.41 Å². The molecule has 2 aromatic carbocycles. The van der Waals surface area contributed by atoms with Crippen molar-refractivity contribution < 1.29 is 0 Å². The lowest BCUT2D eigenvalue weighted by molar-refractivity contribution is 0.590. The number of benzene rings is 2. The number of nitrogens with one attached hydrogen (secondary N) is 1. The second-order valence-corrected chi connectivity index (χ2v) is 7.56. The molecule has 118 valence electrons. The highest BCUT2D eigenvalue weighted by Crippen LogP contribution is 2.29. The van der Waals surface area contributed by atoms with Gasteiger partial charge in [-0.25, -0.2) is 0 Å². The summed E-state index contributed by atoms with van der Waals surface area (Å²) in [5, 5.41) is 13.7. The first-order valence-corrected chi connectivity index (χ1v) is 8.56. The van der Waals surface area contributed by atoms with Crippen molar-refractivity contribution in [2.45, 2.75) is 32.7 Å². The molecule has 3 aromatic rings. The molecule has 0 aliphatic heterocycles. The predicted octanol–water partition coefficient (Wildman–Crippen LogP) is 5.11. The van der Waals surface area contributed by atoms with Crippen molar-refractivity contribution in [3.8, 4) is 10.6 Å². The minimum absolute atomic E-state index is 0.169. The lowest BCUT2D eigenvalue weighted by Crippen LogP contribution is -2.10. The third-order valence-corrected chi connectivity index (χ3v) is 4.64. The van der Waals surface area contributed by atoms with Gasteiger partial charge in [0.25, 0.3) is 0 Å². The molecule has 0 spiro atoms. The summed E-state index contributed by atoms with van der Waals surface area (Å²) in [6.45, 7) is 7.42. The SMILES string of the molecule is CC(C)(C)c1ccc(-c2nnc(NCc3ccccc3)s2)cc1. The van der Waals surface area contributed by atoms with Crippen LogP contribution in [0.15, 0.2) is 54.6 Å². The van der Waals surface area contributed by atoms with E-state index in [2.05, 4.69) is 72.7 Å². The molecule has 0 aliphatic carbocycles. The van der Waals surface area contributed by atoms with Crippen molar-refractivity contribution in [1.82, 2.24) is 10.2 Å². The van der Waals surface area contributed by atoms with Gasteiger partial charge in [0.05, 0.1) is 0 Å². The molecule has 0 atom stereocenters. The van der Waals surface area contributed by atoms with Crippen molar-refractivity contribution in [2.75, 3.05) is 5.32 Å². The van der Waals surface area contributed by atoms with Crippen LogP contribution in [0.3, 0.4) is 0 Å². The summed E-state index contributed by atoms with van der Waals surface area (Å²) in [5.41, 5.74) is 3.84. The summed E-state index contributed by atoms with van der Waals surface area (Å²) >= 11 is 1.59.